The van der Waals surface area contributed by atoms with Crippen LogP contribution < -0.4 is 0 Å². The Morgan fingerprint density at radius 2 is 1.79 bits per heavy atom. The first-order valence-corrected chi connectivity index (χ1v) is 5.47. The number of hydrogen-bond donors (Lipinski definition) is 0. The molecule has 0 bridgehead atoms. The molecule has 0 saturated carbocycles. The lowest BCUT2D eigenvalue weighted by molar-refractivity contribution is -0.116. The van der Waals surface area contributed by atoms with Crippen LogP contribution >= 0.6 is 0 Å². The third-order valence-electron chi connectivity index (χ3n) is 2.48. The molecule has 80 valence electrons. The van der Waals surface area contributed by atoms with Gasteiger partial charge in [-0.2, -0.15) is 5.10 Å². The van der Waals surface area contributed by atoms with Crippen molar-refractivity contribution in [2.75, 3.05) is 13.1 Å². The van der Waals surface area contributed by atoms with Crippen molar-refractivity contribution in [2.24, 2.45) is 5.10 Å². The molecular formula is C11H20N2O. The van der Waals surface area contributed by atoms with Crippen molar-refractivity contribution in [1.82, 2.24) is 5.01 Å². The van der Waals surface area contributed by atoms with Crippen molar-refractivity contribution in [3.05, 3.63) is 0 Å². The Kier molecular flexibility index (Phi) is 4.63. The van der Waals surface area contributed by atoms with Crippen LogP contribution in [0.2, 0.25) is 0 Å². The van der Waals surface area contributed by atoms with E-state index in [1.807, 2.05) is 6.92 Å². The van der Waals surface area contributed by atoms with E-state index in [0.29, 0.717) is 6.42 Å². The van der Waals surface area contributed by atoms with E-state index in [4.69, 9.17) is 0 Å². The fraction of sp³-hybridized carbons (Fsp3) is 0.818. The summed E-state index contributed by atoms with van der Waals surface area (Å²) in [6, 6.07) is 0. The van der Waals surface area contributed by atoms with Gasteiger partial charge in [-0.15, -0.1) is 0 Å². The number of hydrogen-bond acceptors (Lipinski definition) is 3. The monoisotopic (exact) mass is 196 g/mol. The van der Waals surface area contributed by atoms with Gasteiger partial charge in [-0.05, 0) is 39.5 Å². The van der Waals surface area contributed by atoms with E-state index >= 15 is 0 Å². The number of Topliss-reactive ketones (excluding diaryl/α,β-unsaturated/α-hetero) is 1. The highest BCUT2D eigenvalue weighted by molar-refractivity contribution is 5.86. The molecule has 0 aromatic carbocycles. The van der Waals surface area contributed by atoms with Crippen LogP contribution in [-0.4, -0.2) is 29.6 Å². The number of nitrogens with zero attached hydrogens (tertiary/aromatic N) is 2. The van der Waals surface area contributed by atoms with Crippen LogP contribution in [0.5, 0.6) is 0 Å². The highest BCUT2D eigenvalue weighted by Crippen LogP contribution is 2.09. The van der Waals surface area contributed by atoms with Crippen molar-refractivity contribution in [3.8, 4) is 0 Å². The van der Waals surface area contributed by atoms with Crippen LogP contribution in [0.1, 0.15) is 46.0 Å². The van der Waals surface area contributed by atoms with Gasteiger partial charge in [0.15, 0.2) is 0 Å². The van der Waals surface area contributed by atoms with Gasteiger partial charge in [0.25, 0.3) is 0 Å². The second-order valence-corrected chi connectivity index (χ2v) is 4.05. The molecule has 0 N–H and O–H groups in total. The minimum absolute atomic E-state index is 0.248. The van der Waals surface area contributed by atoms with E-state index in [0.717, 1.165) is 25.2 Å². The summed E-state index contributed by atoms with van der Waals surface area (Å²) in [7, 11) is 0. The van der Waals surface area contributed by atoms with Gasteiger partial charge in [-0.25, -0.2) is 0 Å². The Labute approximate surface area is 86.2 Å². The highest BCUT2D eigenvalue weighted by Gasteiger charge is 2.07. The lowest BCUT2D eigenvalue weighted by Crippen LogP contribution is -2.25. The summed E-state index contributed by atoms with van der Waals surface area (Å²) in [5.74, 6) is 0.248. The standard InChI is InChI=1S/C11H20N2O/c1-10(6-7-11(2)14)12-13-8-4-3-5-9-13/h3-9H2,1-2H3/b12-10+. The van der Waals surface area contributed by atoms with Crippen molar-refractivity contribution in [3.63, 3.8) is 0 Å². The summed E-state index contributed by atoms with van der Waals surface area (Å²) in [5, 5.41) is 6.64. The zero-order valence-corrected chi connectivity index (χ0v) is 9.25. The van der Waals surface area contributed by atoms with Crippen LogP contribution in [0, 0.1) is 0 Å². The maximum Gasteiger partial charge on any atom is 0.130 e. The SMILES string of the molecule is CC(=O)CC/C(C)=N/N1CCCCC1. The Morgan fingerprint density at radius 1 is 1.14 bits per heavy atom. The molecular weight excluding hydrogens is 176 g/mol. The minimum atomic E-state index is 0.248. The highest BCUT2D eigenvalue weighted by atomic mass is 16.1. The van der Waals surface area contributed by atoms with Gasteiger partial charge >= 0.3 is 0 Å². The second kappa shape index (κ2) is 5.78. The molecule has 0 radical (unpaired) electrons. The van der Waals surface area contributed by atoms with Gasteiger partial charge in [0.05, 0.1) is 0 Å². The molecule has 14 heavy (non-hydrogen) atoms. The molecule has 0 unspecified atom stereocenters. The minimum Gasteiger partial charge on any atom is -0.300 e. The number of piperidine rings is 1. The molecule has 1 fully saturated rings. The number of rotatable bonds is 4. The molecule has 3 heteroatoms. The van der Waals surface area contributed by atoms with Gasteiger partial charge < -0.3 is 4.79 Å². The predicted octanol–water partition coefficient (Wildman–Crippen LogP) is 2.22. The van der Waals surface area contributed by atoms with E-state index in [1.54, 1.807) is 6.92 Å². The zero-order chi connectivity index (χ0) is 10.4. The molecule has 0 spiro atoms. The number of carbonyl (C=O) groups is 1. The molecule has 0 amide bonds. The first-order chi connectivity index (χ1) is 6.68. The second-order valence-electron chi connectivity index (χ2n) is 4.05. The molecule has 0 aromatic heterocycles. The normalized spacial score (nSPS) is 18.4. The van der Waals surface area contributed by atoms with Gasteiger partial charge in [-0.1, -0.05) is 0 Å². The topological polar surface area (TPSA) is 32.7 Å². The van der Waals surface area contributed by atoms with Crippen LogP contribution in [-0.2, 0) is 4.79 Å². The van der Waals surface area contributed by atoms with Crippen molar-refractivity contribution in [2.45, 2.75) is 46.0 Å². The molecule has 1 aliphatic heterocycles. The van der Waals surface area contributed by atoms with Crippen LogP contribution in [0.4, 0.5) is 0 Å². The van der Waals surface area contributed by atoms with Crippen LogP contribution in [0.15, 0.2) is 5.10 Å². The van der Waals surface area contributed by atoms with Gasteiger partial charge in [0, 0.05) is 25.2 Å². The van der Waals surface area contributed by atoms with Crippen LogP contribution in [0.3, 0.4) is 0 Å². The summed E-state index contributed by atoms with van der Waals surface area (Å²) in [4.78, 5) is 10.8. The Morgan fingerprint density at radius 3 is 2.36 bits per heavy atom. The fourth-order valence-electron chi connectivity index (χ4n) is 1.63. The summed E-state index contributed by atoms with van der Waals surface area (Å²) >= 11 is 0. The molecule has 0 aliphatic carbocycles. The lowest BCUT2D eigenvalue weighted by Gasteiger charge is -2.24. The van der Waals surface area contributed by atoms with E-state index in [9.17, 15) is 4.79 Å². The van der Waals surface area contributed by atoms with Crippen molar-refractivity contribution in [1.29, 1.82) is 0 Å². The quantitative estimate of drug-likeness (QED) is 0.646. The zero-order valence-electron chi connectivity index (χ0n) is 9.25. The van der Waals surface area contributed by atoms with E-state index < -0.39 is 0 Å². The first kappa shape index (κ1) is 11.2. The molecule has 0 atom stereocenters. The average molecular weight is 196 g/mol. The van der Waals surface area contributed by atoms with E-state index in [-0.39, 0.29) is 5.78 Å². The van der Waals surface area contributed by atoms with Gasteiger partial charge in [-0.3, -0.25) is 5.01 Å². The smallest absolute Gasteiger partial charge is 0.130 e. The summed E-state index contributed by atoms with van der Waals surface area (Å²) in [5.41, 5.74) is 1.09. The third kappa shape index (κ3) is 4.40. The van der Waals surface area contributed by atoms with Crippen LogP contribution in [0.25, 0.3) is 0 Å². The first-order valence-electron chi connectivity index (χ1n) is 5.47. The fourth-order valence-corrected chi connectivity index (χ4v) is 1.63. The van der Waals surface area contributed by atoms with Gasteiger partial charge in [0.1, 0.15) is 5.78 Å². The maximum atomic E-state index is 10.8. The molecule has 3 nitrogen and oxygen atoms in total. The number of carbonyl (C=O) groups excluding carboxylic acids is 1. The van der Waals surface area contributed by atoms with Gasteiger partial charge in [0.2, 0.25) is 0 Å². The van der Waals surface area contributed by atoms with Crippen molar-refractivity contribution >= 4 is 11.5 Å². The Bertz CT molecular complexity index is 217. The largest absolute Gasteiger partial charge is 0.300 e. The molecule has 1 aliphatic rings. The third-order valence-corrected chi connectivity index (χ3v) is 2.48. The number of hydrazone groups is 1. The molecule has 1 saturated heterocycles. The summed E-state index contributed by atoms with van der Waals surface area (Å²) < 4.78 is 0. The summed E-state index contributed by atoms with van der Waals surface area (Å²) in [6.45, 7) is 5.81. The summed E-state index contributed by atoms with van der Waals surface area (Å²) in [6.07, 6.45) is 5.28. The maximum absolute atomic E-state index is 10.8. The number of ketones is 1. The predicted molar refractivity (Wildman–Crippen MR) is 58.4 cm³/mol. The molecule has 1 rings (SSSR count). The lowest BCUT2D eigenvalue weighted by atomic mass is 10.1. The van der Waals surface area contributed by atoms with E-state index in [1.165, 1.54) is 19.3 Å². The Balaban J connectivity index is 2.29. The Hall–Kier alpha value is -0.860. The molecule has 1 heterocycles. The van der Waals surface area contributed by atoms with E-state index in [2.05, 4.69) is 10.1 Å². The molecule has 0 aromatic rings. The average Bonchev–Trinajstić information content (AvgIpc) is 2.16. The van der Waals surface area contributed by atoms with Crippen molar-refractivity contribution < 1.29 is 4.79 Å².